The van der Waals surface area contributed by atoms with E-state index in [-0.39, 0.29) is 24.7 Å². The molecule has 0 aliphatic carbocycles. The van der Waals surface area contributed by atoms with Crippen molar-refractivity contribution in [3.8, 4) is 10.4 Å². The second-order valence-electron chi connectivity index (χ2n) is 3.98. The molecule has 6 nitrogen and oxygen atoms in total. The van der Waals surface area contributed by atoms with Gasteiger partial charge in [-0.3, -0.25) is 4.79 Å². The van der Waals surface area contributed by atoms with E-state index in [2.05, 4.69) is 15.6 Å². The van der Waals surface area contributed by atoms with E-state index in [1.807, 2.05) is 12.1 Å². The highest BCUT2D eigenvalue weighted by molar-refractivity contribution is 7.13. The van der Waals surface area contributed by atoms with Gasteiger partial charge in [0, 0.05) is 23.7 Å². The summed E-state index contributed by atoms with van der Waals surface area (Å²) >= 11 is 7.43. The van der Waals surface area contributed by atoms with Gasteiger partial charge in [-0.1, -0.05) is 29.8 Å². The molecule has 0 aliphatic heterocycles. The van der Waals surface area contributed by atoms with Crippen LogP contribution < -0.4 is 15.7 Å². The lowest BCUT2D eigenvalue weighted by atomic mass is 10.1. The van der Waals surface area contributed by atoms with Gasteiger partial charge in [0.05, 0.1) is 10.4 Å². The zero-order valence-corrected chi connectivity index (χ0v) is 12.3. The van der Waals surface area contributed by atoms with Crippen LogP contribution in [0.1, 0.15) is 10.5 Å². The van der Waals surface area contributed by atoms with Crippen LogP contribution in [0.15, 0.2) is 29.8 Å². The van der Waals surface area contributed by atoms with Crippen LogP contribution in [0.4, 0.5) is 4.79 Å². The van der Waals surface area contributed by atoms with Crippen LogP contribution in [0, 0.1) is 0 Å². The molecule has 0 unspecified atom stereocenters. The van der Waals surface area contributed by atoms with Crippen LogP contribution in [0.3, 0.4) is 0 Å². The SMILES string of the molecule is O=C([O-])NCCNC(=O)c1ncsc1-c1ccccc1Cl. The van der Waals surface area contributed by atoms with Gasteiger partial charge in [-0.2, -0.15) is 0 Å². The number of benzene rings is 1. The highest BCUT2D eigenvalue weighted by Gasteiger charge is 2.17. The van der Waals surface area contributed by atoms with Crippen LogP contribution in [-0.2, 0) is 0 Å². The number of rotatable bonds is 5. The lowest BCUT2D eigenvalue weighted by Gasteiger charge is -2.08. The zero-order chi connectivity index (χ0) is 15.2. The van der Waals surface area contributed by atoms with Crippen molar-refractivity contribution in [1.29, 1.82) is 0 Å². The number of aromatic nitrogens is 1. The highest BCUT2D eigenvalue weighted by atomic mass is 35.5. The van der Waals surface area contributed by atoms with Gasteiger partial charge >= 0.3 is 0 Å². The number of carbonyl (C=O) groups is 2. The molecule has 110 valence electrons. The molecule has 0 saturated heterocycles. The van der Waals surface area contributed by atoms with Gasteiger partial charge < -0.3 is 20.5 Å². The Morgan fingerprint density at radius 3 is 2.67 bits per heavy atom. The first-order chi connectivity index (χ1) is 10.1. The first kappa shape index (κ1) is 15.3. The number of nitrogens with zero attached hydrogens (tertiary/aromatic N) is 1. The largest absolute Gasteiger partial charge is 0.530 e. The summed E-state index contributed by atoms with van der Waals surface area (Å²) in [5.41, 5.74) is 2.56. The fourth-order valence-electron chi connectivity index (χ4n) is 1.67. The van der Waals surface area contributed by atoms with Crippen molar-refractivity contribution < 1.29 is 14.7 Å². The molecule has 1 heterocycles. The van der Waals surface area contributed by atoms with Gasteiger partial charge in [0.15, 0.2) is 0 Å². The molecule has 2 N–H and O–H groups in total. The fraction of sp³-hybridized carbons (Fsp3) is 0.154. The monoisotopic (exact) mass is 324 g/mol. The number of halogens is 1. The van der Waals surface area contributed by atoms with Gasteiger partial charge in [-0.25, -0.2) is 4.98 Å². The van der Waals surface area contributed by atoms with Gasteiger partial charge in [0.2, 0.25) is 0 Å². The Balaban J connectivity index is 2.08. The summed E-state index contributed by atoms with van der Waals surface area (Å²) in [5, 5.41) is 15.4. The number of thiazole rings is 1. The number of carboxylic acid groups (broad SMARTS) is 1. The van der Waals surface area contributed by atoms with Crippen LogP contribution in [-0.4, -0.2) is 30.1 Å². The standard InChI is InChI=1S/C13H12ClN3O3S/c14-9-4-2-1-3-8(9)11-10(17-7-21-11)12(18)15-5-6-16-13(19)20/h1-4,7,16H,5-6H2,(H,15,18)(H,19,20)/p-1. The minimum atomic E-state index is -1.38. The molecule has 1 aromatic carbocycles. The van der Waals surface area contributed by atoms with Crippen molar-refractivity contribution in [2.75, 3.05) is 13.1 Å². The Morgan fingerprint density at radius 2 is 1.95 bits per heavy atom. The molecule has 0 aliphatic rings. The Kier molecular flexibility index (Phi) is 5.13. The molecule has 0 atom stereocenters. The van der Waals surface area contributed by atoms with Crippen molar-refractivity contribution in [3.05, 3.63) is 40.5 Å². The zero-order valence-electron chi connectivity index (χ0n) is 10.8. The lowest BCUT2D eigenvalue weighted by molar-refractivity contribution is -0.250. The molecule has 1 aromatic heterocycles. The normalized spacial score (nSPS) is 10.1. The van der Waals surface area contributed by atoms with Gasteiger partial charge in [-0.05, 0) is 6.07 Å². The van der Waals surface area contributed by atoms with E-state index < -0.39 is 6.09 Å². The summed E-state index contributed by atoms with van der Waals surface area (Å²) in [6.07, 6.45) is -1.38. The maximum absolute atomic E-state index is 12.1. The number of carbonyl (C=O) groups excluding carboxylic acids is 2. The molecular weight excluding hydrogens is 314 g/mol. The van der Waals surface area contributed by atoms with Crippen molar-refractivity contribution in [2.24, 2.45) is 0 Å². The Hall–Kier alpha value is -2.12. The molecule has 2 rings (SSSR count). The first-order valence-electron chi connectivity index (χ1n) is 6.01. The Bertz CT molecular complexity index is 660. The smallest absolute Gasteiger partial charge is 0.271 e. The topological polar surface area (TPSA) is 94.1 Å². The van der Waals surface area contributed by atoms with Crippen molar-refractivity contribution >= 4 is 34.9 Å². The molecule has 2 aromatic rings. The van der Waals surface area contributed by atoms with Crippen LogP contribution in [0.5, 0.6) is 0 Å². The second-order valence-corrected chi connectivity index (χ2v) is 5.24. The molecular formula is C13H11ClN3O3S-. The van der Waals surface area contributed by atoms with Crippen molar-refractivity contribution in [1.82, 2.24) is 15.6 Å². The predicted molar refractivity (Wildman–Crippen MR) is 78.3 cm³/mol. The van der Waals surface area contributed by atoms with Gasteiger partial charge in [0.1, 0.15) is 11.8 Å². The molecule has 0 saturated carbocycles. The molecule has 2 amide bonds. The van der Waals surface area contributed by atoms with E-state index in [1.165, 1.54) is 11.3 Å². The van der Waals surface area contributed by atoms with E-state index in [0.29, 0.717) is 9.90 Å². The number of amides is 2. The minimum Gasteiger partial charge on any atom is -0.530 e. The van der Waals surface area contributed by atoms with Crippen LogP contribution >= 0.6 is 22.9 Å². The molecule has 0 spiro atoms. The number of hydrogen-bond donors (Lipinski definition) is 2. The molecule has 21 heavy (non-hydrogen) atoms. The Labute approximate surface area is 129 Å². The van der Waals surface area contributed by atoms with E-state index in [9.17, 15) is 14.7 Å². The van der Waals surface area contributed by atoms with Crippen LogP contribution in [0.25, 0.3) is 10.4 Å². The van der Waals surface area contributed by atoms with Gasteiger partial charge in [0.25, 0.3) is 5.91 Å². The molecule has 0 bridgehead atoms. The fourth-order valence-corrected chi connectivity index (χ4v) is 2.78. The Morgan fingerprint density at radius 1 is 1.24 bits per heavy atom. The summed E-state index contributed by atoms with van der Waals surface area (Å²) in [4.78, 5) is 27.0. The predicted octanol–water partition coefficient (Wildman–Crippen LogP) is 1.13. The summed E-state index contributed by atoms with van der Waals surface area (Å²) in [6.45, 7) is 0.214. The maximum Gasteiger partial charge on any atom is 0.271 e. The van der Waals surface area contributed by atoms with E-state index in [0.717, 1.165) is 5.56 Å². The van der Waals surface area contributed by atoms with E-state index in [1.54, 1.807) is 17.6 Å². The summed E-state index contributed by atoms with van der Waals surface area (Å²) in [5.74, 6) is -0.383. The van der Waals surface area contributed by atoms with Crippen molar-refractivity contribution in [2.45, 2.75) is 0 Å². The average Bonchev–Trinajstić information content (AvgIpc) is 2.93. The third-order valence-electron chi connectivity index (χ3n) is 2.58. The van der Waals surface area contributed by atoms with E-state index >= 15 is 0 Å². The number of nitrogens with one attached hydrogen (secondary N) is 2. The lowest BCUT2D eigenvalue weighted by Crippen LogP contribution is -2.41. The quantitative estimate of drug-likeness (QED) is 0.806. The molecule has 8 heteroatoms. The summed E-state index contributed by atoms with van der Waals surface area (Å²) < 4.78 is 0. The van der Waals surface area contributed by atoms with Crippen LogP contribution in [0.2, 0.25) is 5.02 Å². The van der Waals surface area contributed by atoms with E-state index in [4.69, 9.17) is 11.6 Å². The second kappa shape index (κ2) is 7.05. The number of hydrogen-bond acceptors (Lipinski definition) is 5. The summed E-state index contributed by atoms with van der Waals surface area (Å²) in [7, 11) is 0. The highest BCUT2D eigenvalue weighted by Crippen LogP contribution is 2.33. The minimum absolute atomic E-state index is 0.0691. The third kappa shape index (κ3) is 3.93. The molecule has 0 radical (unpaired) electrons. The first-order valence-corrected chi connectivity index (χ1v) is 7.27. The molecule has 0 fully saturated rings. The average molecular weight is 325 g/mol. The van der Waals surface area contributed by atoms with Gasteiger partial charge in [-0.15, -0.1) is 11.3 Å². The summed E-state index contributed by atoms with van der Waals surface area (Å²) in [6, 6.07) is 7.18. The third-order valence-corrected chi connectivity index (χ3v) is 3.77. The van der Waals surface area contributed by atoms with Crippen molar-refractivity contribution in [3.63, 3.8) is 0 Å². The maximum atomic E-state index is 12.1.